The fourth-order valence-electron chi connectivity index (χ4n) is 4.46. The maximum atomic E-state index is 13.2. The first-order valence-electron chi connectivity index (χ1n) is 9.40. The van der Waals surface area contributed by atoms with Crippen molar-refractivity contribution in [1.29, 1.82) is 0 Å². The Morgan fingerprint density at radius 1 is 1.20 bits per heavy atom. The number of ether oxygens (including phenoxy) is 1. The van der Waals surface area contributed by atoms with Crippen molar-refractivity contribution in [3.8, 4) is 0 Å². The van der Waals surface area contributed by atoms with Gasteiger partial charge in [0.15, 0.2) is 0 Å². The van der Waals surface area contributed by atoms with Crippen LogP contribution >= 0.6 is 0 Å². The van der Waals surface area contributed by atoms with Gasteiger partial charge in [0.25, 0.3) is 5.91 Å². The number of fused-ring (bicyclic) bond motifs is 1. The summed E-state index contributed by atoms with van der Waals surface area (Å²) in [7, 11) is 2.07. The Labute approximate surface area is 148 Å². The van der Waals surface area contributed by atoms with Crippen LogP contribution in [0.4, 0.5) is 5.69 Å². The first-order valence-corrected chi connectivity index (χ1v) is 9.40. The molecule has 3 aliphatic rings. The van der Waals surface area contributed by atoms with Gasteiger partial charge in [-0.3, -0.25) is 9.59 Å². The van der Waals surface area contributed by atoms with Gasteiger partial charge in [-0.15, -0.1) is 0 Å². The second-order valence-electron chi connectivity index (χ2n) is 7.47. The van der Waals surface area contributed by atoms with Gasteiger partial charge in [0, 0.05) is 43.7 Å². The zero-order valence-electron chi connectivity index (χ0n) is 14.9. The van der Waals surface area contributed by atoms with Crippen LogP contribution in [0, 0.1) is 5.92 Å². The highest BCUT2D eigenvalue weighted by molar-refractivity contribution is 5.96. The number of nitrogens with zero attached hydrogens (tertiary/aromatic N) is 2. The van der Waals surface area contributed by atoms with Crippen LogP contribution in [0.1, 0.15) is 41.6 Å². The molecule has 2 heterocycles. The molecule has 2 aliphatic heterocycles. The molecule has 2 atom stereocenters. The standard InChI is InChI=1S/C20H26N2O3/c1-21-9-8-14-6-7-15(12-17(14)21)20(24)22-10-11-25-13-18(22)16-4-2-3-5-19(16)23/h6-7,12,16,18H,2-5,8-11,13H2,1H3. The summed E-state index contributed by atoms with van der Waals surface area (Å²) in [6.45, 7) is 2.60. The number of carbonyl (C=O) groups excluding carboxylic acids is 2. The predicted molar refractivity (Wildman–Crippen MR) is 96.0 cm³/mol. The minimum Gasteiger partial charge on any atom is -0.377 e. The summed E-state index contributed by atoms with van der Waals surface area (Å²) in [4.78, 5) is 29.7. The fourth-order valence-corrected chi connectivity index (χ4v) is 4.46. The van der Waals surface area contributed by atoms with E-state index in [0.29, 0.717) is 32.0 Å². The van der Waals surface area contributed by atoms with Crippen molar-refractivity contribution < 1.29 is 14.3 Å². The van der Waals surface area contributed by atoms with Crippen molar-refractivity contribution in [2.45, 2.75) is 38.1 Å². The third kappa shape index (κ3) is 3.06. The van der Waals surface area contributed by atoms with Crippen LogP contribution in [0.25, 0.3) is 0 Å². The molecule has 0 bridgehead atoms. The molecule has 1 saturated carbocycles. The number of morpholine rings is 1. The normalized spacial score (nSPS) is 26.7. The van der Waals surface area contributed by atoms with Crippen LogP contribution in [0.5, 0.6) is 0 Å². The zero-order valence-corrected chi connectivity index (χ0v) is 14.9. The predicted octanol–water partition coefficient (Wildman–Crippen LogP) is 2.28. The molecule has 5 heteroatoms. The highest BCUT2D eigenvalue weighted by Gasteiger charge is 2.38. The van der Waals surface area contributed by atoms with E-state index in [2.05, 4.69) is 18.0 Å². The third-order valence-corrected chi connectivity index (χ3v) is 5.95. The number of Topliss-reactive ketones (excluding diaryl/α,β-unsaturated/α-hetero) is 1. The number of carbonyl (C=O) groups is 2. The number of likely N-dealkylation sites (N-methyl/N-ethyl adjacent to an activating group) is 1. The molecule has 25 heavy (non-hydrogen) atoms. The van der Waals surface area contributed by atoms with E-state index in [-0.39, 0.29) is 17.9 Å². The Hall–Kier alpha value is -1.88. The average molecular weight is 342 g/mol. The van der Waals surface area contributed by atoms with Gasteiger partial charge in [-0.1, -0.05) is 12.5 Å². The van der Waals surface area contributed by atoms with E-state index in [1.165, 1.54) is 5.56 Å². The molecule has 2 fully saturated rings. The van der Waals surface area contributed by atoms with Crippen molar-refractivity contribution in [2.75, 3.05) is 38.3 Å². The Bertz CT molecular complexity index is 688. The molecular weight excluding hydrogens is 316 g/mol. The first kappa shape index (κ1) is 16.6. The molecule has 0 aromatic heterocycles. The van der Waals surface area contributed by atoms with Gasteiger partial charge in [0.1, 0.15) is 5.78 Å². The maximum Gasteiger partial charge on any atom is 0.254 e. The molecule has 134 valence electrons. The van der Waals surface area contributed by atoms with Crippen LogP contribution < -0.4 is 4.90 Å². The summed E-state index contributed by atoms with van der Waals surface area (Å²) in [6.07, 6.45) is 4.61. The van der Waals surface area contributed by atoms with Crippen LogP contribution in [0.15, 0.2) is 18.2 Å². The number of hydrogen-bond donors (Lipinski definition) is 0. The minimum absolute atomic E-state index is 0.0368. The third-order valence-electron chi connectivity index (χ3n) is 5.95. The summed E-state index contributed by atoms with van der Waals surface area (Å²) in [5, 5.41) is 0. The Morgan fingerprint density at radius 3 is 2.92 bits per heavy atom. The van der Waals surface area contributed by atoms with E-state index in [4.69, 9.17) is 4.74 Å². The highest BCUT2D eigenvalue weighted by atomic mass is 16.5. The number of ketones is 1. The van der Waals surface area contributed by atoms with Gasteiger partial charge >= 0.3 is 0 Å². The summed E-state index contributed by atoms with van der Waals surface area (Å²) in [5.41, 5.74) is 3.19. The van der Waals surface area contributed by atoms with Crippen molar-refractivity contribution in [3.05, 3.63) is 29.3 Å². The van der Waals surface area contributed by atoms with Crippen LogP contribution in [-0.4, -0.2) is 56.0 Å². The lowest BCUT2D eigenvalue weighted by molar-refractivity contribution is -0.129. The largest absolute Gasteiger partial charge is 0.377 e. The SMILES string of the molecule is CN1CCc2ccc(C(=O)N3CCOCC3C3CCCCC3=O)cc21. The van der Waals surface area contributed by atoms with Crippen molar-refractivity contribution in [3.63, 3.8) is 0 Å². The van der Waals surface area contributed by atoms with E-state index in [1.807, 2.05) is 17.0 Å². The molecule has 2 unspecified atom stereocenters. The van der Waals surface area contributed by atoms with Gasteiger partial charge in [0.2, 0.25) is 0 Å². The molecule has 1 aromatic rings. The van der Waals surface area contributed by atoms with E-state index in [9.17, 15) is 9.59 Å². The summed E-state index contributed by atoms with van der Waals surface area (Å²) in [6, 6.07) is 5.92. The lowest BCUT2D eigenvalue weighted by atomic mass is 9.82. The average Bonchev–Trinajstić information content (AvgIpc) is 3.02. The molecule has 1 amide bonds. The van der Waals surface area contributed by atoms with Gasteiger partial charge < -0.3 is 14.5 Å². The van der Waals surface area contributed by atoms with Gasteiger partial charge in [-0.05, 0) is 37.0 Å². The second-order valence-corrected chi connectivity index (χ2v) is 7.47. The van der Waals surface area contributed by atoms with Crippen molar-refractivity contribution >= 4 is 17.4 Å². The van der Waals surface area contributed by atoms with Crippen LogP contribution in [0.3, 0.4) is 0 Å². The molecule has 4 rings (SSSR count). The van der Waals surface area contributed by atoms with Gasteiger partial charge in [-0.25, -0.2) is 0 Å². The van der Waals surface area contributed by atoms with Gasteiger partial charge in [-0.2, -0.15) is 0 Å². The monoisotopic (exact) mass is 342 g/mol. The van der Waals surface area contributed by atoms with Crippen LogP contribution in [-0.2, 0) is 16.0 Å². The second kappa shape index (κ2) is 6.79. The van der Waals surface area contributed by atoms with Crippen LogP contribution in [0.2, 0.25) is 0 Å². The first-order chi connectivity index (χ1) is 12.1. The van der Waals surface area contributed by atoms with E-state index in [1.54, 1.807) is 0 Å². The molecule has 1 aromatic carbocycles. The zero-order chi connectivity index (χ0) is 17.4. The summed E-state index contributed by atoms with van der Waals surface area (Å²) < 4.78 is 5.64. The highest BCUT2D eigenvalue weighted by Crippen LogP contribution is 2.31. The van der Waals surface area contributed by atoms with E-state index in [0.717, 1.165) is 43.5 Å². The molecule has 5 nitrogen and oxygen atoms in total. The molecule has 1 saturated heterocycles. The molecule has 0 N–H and O–H groups in total. The number of benzene rings is 1. The lowest BCUT2D eigenvalue weighted by Gasteiger charge is -2.41. The maximum absolute atomic E-state index is 13.2. The van der Waals surface area contributed by atoms with Crippen molar-refractivity contribution in [2.24, 2.45) is 5.92 Å². The topological polar surface area (TPSA) is 49.9 Å². The van der Waals surface area contributed by atoms with Gasteiger partial charge in [0.05, 0.1) is 19.3 Å². The van der Waals surface area contributed by atoms with E-state index < -0.39 is 0 Å². The molecular formula is C20H26N2O3. The number of rotatable bonds is 2. The molecule has 1 aliphatic carbocycles. The smallest absolute Gasteiger partial charge is 0.254 e. The number of hydrogen-bond acceptors (Lipinski definition) is 4. The summed E-state index contributed by atoms with van der Waals surface area (Å²) >= 11 is 0. The van der Waals surface area contributed by atoms with Crippen molar-refractivity contribution in [1.82, 2.24) is 4.90 Å². The number of amides is 1. The minimum atomic E-state index is -0.111. The molecule has 0 radical (unpaired) electrons. The quantitative estimate of drug-likeness (QED) is 0.827. The number of anilines is 1. The Kier molecular flexibility index (Phi) is 4.50. The lowest BCUT2D eigenvalue weighted by Crippen LogP contribution is -2.54. The molecule has 0 spiro atoms. The summed E-state index contributed by atoms with van der Waals surface area (Å²) in [5.74, 6) is 0.276. The van der Waals surface area contributed by atoms with E-state index >= 15 is 0 Å². The Balaban J connectivity index is 1.59. The fraction of sp³-hybridized carbons (Fsp3) is 0.600. The Morgan fingerprint density at radius 2 is 2.08 bits per heavy atom.